The van der Waals surface area contributed by atoms with Crippen LogP contribution in [-0.4, -0.2) is 35.9 Å². The number of nitrogens with zero attached hydrogens (tertiary/aromatic N) is 1. The van der Waals surface area contributed by atoms with E-state index in [-0.39, 0.29) is 24.3 Å². The smallest absolute Gasteiger partial charge is 0.252 e. The van der Waals surface area contributed by atoms with Crippen LogP contribution in [0.3, 0.4) is 0 Å². The van der Waals surface area contributed by atoms with Gasteiger partial charge < -0.3 is 10.1 Å². The summed E-state index contributed by atoms with van der Waals surface area (Å²) in [6.07, 6.45) is 0.181. The van der Waals surface area contributed by atoms with Gasteiger partial charge in [0.1, 0.15) is 11.8 Å². The first-order chi connectivity index (χ1) is 9.43. The molecule has 0 aliphatic carbocycles. The maximum absolute atomic E-state index is 12.2. The number of hydrogen-bond donors (Lipinski definition) is 1. The van der Waals surface area contributed by atoms with Crippen molar-refractivity contribution < 1.29 is 14.3 Å². The molecule has 1 aliphatic rings. The summed E-state index contributed by atoms with van der Waals surface area (Å²) in [7, 11) is 1.58. The Kier molecular flexibility index (Phi) is 4.32. The summed E-state index contributed by atoms with van der Waals surface area (Å²) in [6.45, 7) is 3.67. The lowest BCUT2D eigenvalue weighted by Crippen LogP contribution is -2.39. The first-order valence-corrected chi connectivity index (χ1v) is 7.19. The number of halogens is 1. The number of ether oxygens (including phenoxy) is 1. The Morgan fingerprint density at radius 3 is 2.65 bits per heavy atom. The normalized spacial score (nSPS) is 18.9. The molecule has 5 nitrogen and oxygen atoms in total. The summed E-state index contributed by atoms with van der Waals surface area (Å²) in [5, 5.41) is 3.11. The summed E-state index contributed by atoms with van der Waals surface area (Å²) in [5.74, 6) is 0.370. The number of carbonyl (C=O) groups is 2. The molecule has 1 unspecified atom stereocenters. The third kappa shape index (κ3) is 2.80. The number of rotatable bonds is 4. The van der Waals surface area contributed by atoms with Gasteiger partial charge in [-0.25, -0.2) is 0 Å². The molecule has 2 amide bonds. The molecule has 0 bridgehead atoms. The molecular weight excluding hydrogens is 324 g/mol. The zero-order chi connectivity index (χ0) is 14.9. The maximum atomic E-state index is 12.2. The first-order valence-electron chi connectivity index (χ1n) is 6.40. The van der Waals surface area contributed by atoms with E-state index in [0.29, 0.717) is 5.75 Å². The Labute approximate surface area is 126 Å². The zero-order valence-electron chi connectivity index (χ0n) is 11.6. The molecule has 1 heterocycles. The SMILES string of the molecule is COc1ccc(Br)c(NC2CC(=O)N(C(C)C)C2=O)c1. The van der Waals surface area contributed by atoms with Crippen molar-refractivity contribution in [1.82, 2.24) is 4.90 Å². The number of methoxy groups -OCH3 is 1. The second kappa shape index (κ2) is 5.83. The van der Waals surface area contributed by atoms with Gasteiger partial charge >= 0.3 is 0 Å². The highest BCUT2D eigenvalue weighted by Crippen LogP contribution is 2.29. The minimum Gasteiger partial charge on any atom is -0.497 e. The number of benzene rings is 1. The average molecular weight is 341 g/mol. The van der Waals surface area contributed by atoms with Crippen LogP contribution in [0.25, 0.3) is 0 Å². The van der Waals surface area contributed by atoms with Crippen molar-refractivity contribution in [2.45, 2.75) is 32.4 Å². The number of hydrogen-bond acceptors (Lipinski definition) is 4. The number of likely N-dealkylation sites (tertiary alicyclic amines) is 1. The summed E-state index contributed by atoms with van der Waals surface area (Å²) < 4.78 is 5.98. The molecule has 0 radical (unpaired) electrons. The molecule has 0 aromatic heterocycles. The van der Waals surface area contributed by atoms with Gasteiger partial charge in [-0.2, -0.15) is 0 Å². The summed E-state index contributed by atoms with van der Waals surface area (Å²) in [4.78, 5) is 25.4. The minimum absolute atomic E-state index is 0.115. The third-order valence-corrected chi connectivity index (χ3v) is 3.89. The van der Waals surface area contributed by atoms with Gasteiger partial charge in [0, 0.05) is 16.6 Å². The predicted octanol–water partition coefficient (Wildman–Crippen LogP) is 2.41. The van der Waals surface area contributed by atoms with E-state index in [1.807, 2.05) is 26.0 Å². The molecule has 0 spiro atoms. The van der Waals surface area contributed by atoms with Crippen LogP contribution in [-0.2, 0) is 9.59 Å². The van der Waals surface area contributed by atoms with E-state index in [0.717, 1.165) is 10.2 Å². The lowest BCUT2D eigenvalue weighted by atomic mass is 10.2. The van der Waals surface area contributed by atoms with Crippen LogP contribution in [0, 0.1) is 0 Å². The highest BCUT2D eigenvalue weighted by molar-refractivity contribution is 9.10. The molecule has 1 fully saturated rings. The van der Waals surface area contributed by atoms with E-state index in [2.05, 4.69) is 21.2 Å². The molecule has 108 valence electrons. The Balaban J connectivity index is 2.19. The van der Waals surface area contributed by atoms with Gasteiger partial charge in [-0.3, -0.25) is 14.5 Å². The van der Waals surface area contributed by atoms with Crippen molar-refractivity contribution in [3.8, 4) is 5.75 Å². The molecule has 1 aliphatic heterocycles. The average Bonchev–Trinajstić information content (AvgIpc) is 2.67. The lowest BCUT2D eigenvalue weighted by molar-refractivity contribution is -0.140. The van der Waals surface area contributed by atoms with Gasteiger partial charge in [0.05, 0.1) is 19.2 Å². The van der Waals surface area contributed by atoms with E-state index in [9.17, 15) is 9.59 Å². The van der Waals surface area contributed by atoms with Crippen LogP contribution in [0.5, 0.6) is 5.75 Å². The zero-order valence-corrected chi connectivity index (χ0v) is 13.2. The van der Waals surface area contributed by atoms with Crippen LogP contribution in [0.1, 0.15) is 20.3 Å². The van der Waals surface area contributed by atoms with E-state index >= 15 is 0 Å². The number of anilines is 1. The fourth-order valence-electron chi connectivity index (χ4n) is 2.24. The molecule has 20 heavy (non-hydrogen) atoms. The van der Waals surface area contributed by atoms with Crippen LogP contribution in [0.4, 0.5) is 5.69 Å². The monoisotopic (exact) mass is 340 g/mol. The van der Waals surface area contributed by atoms with E-state index in [1.165, 1.54) is 4.90 Å². The molecule has 6 heteroatoms. The fraction of sp³-hybridized carbons (Fsp3) is 0.429. The second-order valence-corrected chi connectivity index (χ2v) is 5.80. The van der Waals surface area contributed by atoms with Crippen molar-refractivity contribution in [3.63, 3.8) is 0 Å². The van der Waals surface area contributed by atoms with Crippen molar-refractivity contribution in [2.24, 2.45) is 0 Å². The van der Waals surface area contributed by atoms with Gasteiger partial charge in [-0.05, 0) is 41.9 Å². The van der Waals surface area contributed by atoms with Gasteiger partial charge in [-0.15, -0.1) is 0 Å². The van der Waals surface area contributed by atoms with Crippen molar-refractivity contribution in [1.29, 1.82) is 0 Å². The molecule has 1 aromatic rings. The number of carbonyl (C=O) groups excluding carboxylic acids is 2. The lowest BCUT2D eigenvalue weighted by Gasteiger charge is -2.20. The largest absolute Gasteiger partial charge is 0.497 e. The van der Waals surface area contributed by atoms with Crippen LogP contribution in [0.15, 0.2) is 22.7 Å². The Hall–Kier alpha value is -1.56. The van der Waals surface area contributed by atoms with Crippen molar-refractivity contribution >= 4 is 33.4 Å². The highest BCUT2D eigenvalue weighted by Gasteiger charge is 2.40. The van der Waals surface area contributed by atoms with Crippen molar-refractivity contribution in [3.05, 3.63) is 22.7 Å². The van der Waals surface area contributed by atoms with Gasteiger partial charge in [0.2, 0.25) is 5.91 Å². The van der Waals surface area contributed by atoms with Crippen molar-refractivity contribution in [2.75, 3.05) is 12.4 Å². The summed E-state index contributed by atoms with van der Waals surface area (Å²) in [5.41, 5.74) is 0.737. The topological polar surface area (TPSA) is 58.6 Å². The Bertz CT molecular complexity index is 545. The second-order valence-electron chi connectivity index (χ2n) is 4.94. The van der Waals surface area contributed by atoms with E-state index in [1.54, 1.807) is 13.2 Å². The first kappa shape index (κ1) is 14.8. The van der Waals surface area contributed by atoms with Gasteiger partial charge in [0.15, 0.2) is 0 Å². The number of nitrogens with one attached hydrogen (secondary N) is 1. The molecule has 0 saturated carbocycles. The van der Waals surface area contributed by atoms with Gasteiger partial charge in [-0.1, -0.05) is 0 Å². The summed E-state index contributed by atoms with van der Waals surface area (Å²) >= 11 is 3.42. The minimum atomic E-state index is -0.520. The molecule has 2 rings (SSSR count). The van der Waals surface area contributed by atoms with E-state index < -0.39 is 6.04 Å². The number of imide groups is 1. The fourth-order valence-corrected chi connectivity index (χ4v) is 2.60. The Morgan fingerprint density at radius 1 is 1.40 bits per heavy atom. The highest BCUT2D eigenvalue weighted by atomic mass is 79.9. The van der Waals surface area contributed by atoms with Crippen LogP contribution >= 0.6 is 15.9 Å². The molecule has 1 N–H and O–H groups in total. The number of amides is 2. The Morgan fingerprint density at radius 2 is 2.10 bits per heavy atom. The predicted molar refractivity (Wildman–Crippen MR) is 79.7 cm³/mol. The van der Waals surface area contributed by atoms with E-state index in [4.69, 9.17) is 4.74 Å². The van der Waals surface area contributed by atoms with Crippen LogP contribution < -0.4 is 10.1 Å². The molecule has 1 atom stereocenters. The molecule has 1 saturated heterocycles. The quantitative estimate of drug-likeness (QED) is 0.855. The standard InChI is InChI=1S/C14H17BrN2O3/c1-8(2)17-13(18)7-12(14(17)19)16-11-6-9(20-3)4-5-10(11)15/h4-6,8,12,16H,7H2,1-3H3. The maximum Gasteiger partial charge on any atom is 0.252 e. The third-order valence-electron chi connectivity index (χ3n) is 3.20. The van der Waals surface area contributed by atoms with Crippen LogP contribution in [0.2, 0.25) is 0 Å². The molecular formula is C14H17BrN2O3. The van der Waals surface area contributed by atoms with Gasteiger partial charge in [0.25, 0.3) is 5.91 Å². The summed E-state index contributed by atoms with van der Waals surface area (Å²) in [6, 6.07) is 4.81. The molecule has 1 aromatic carbocycles.